The standard InChI is InChI=1S/C13H27NO3/c1-6-8-9-14(11(3)7-2)10-13(4,16)12(15)17-5/h11,16H,6-10H2,1-5H3. The summed E-state index contributed by atoms with van der Waals surface area (Å²) in [5.74, 6) is -0.567. The number of rotatable bonds is 8. The van der Waals surface area contributed by atoms with Gasteiger partial charge < -0.3 is 9.84 Å². The number of hydrogen-bond donors (Lipinski definition) is 1. The van der Waals surface area contributed by atoms with Gasteiger partial charge in [-0.15, -0.1) is 0 Å². The van der Waals surface area contributed by atoms with E-state index in [1.807, 2.05) is 0 Å². The Hall–Kier alpha value is -0.610. The van der Waals surface area contributed by atoms with Gasteiger partial charge in [-0.25, -0.2) is 4.79 Å². The summed E-state index contributed by atoms with van der Waals surface area (Å²) in [6, 6.07) is 0.359. The lowest BCUT2D eigenvalue weighted by molar-refractivity contribution is -0.162. The predicted octanol–water partition coefficient (Wildman–Crippen LogP) is 1.81. The third-order valence-electron chi connectivity index (χ3n) is 3.15. The summed E-state index contributed by atoms with van der Waals surface area (Å²) in [6.07, 6.45) is 3.18. The van der Waals surface area contributed by atoms with Gasteiger partial charge in [-0.3, -0.25) is 4.90 Å². The van der Waals surface area contributed by atoms with Crippen molar-refractivity contribution in [3.63, 3.8) is 0 Å². The van der Waals surface area contributed by atoms with E-state index < -0.39 is 11.6 Å². The number of carbonyl (C=O) groups is 1. The zero-order valence-electron chi connectivity index (χ0n) is 11.8. The lowest BCUT2D eigenvalue weighted by atomic mass is 10.0. The van der Waals surface area contributed by atoms with E-state index in [1.54, 1.807) is 0 Å². The second-order valence-electron chi connectivity index (χ2n) is 4.85. The number of unbranched alkanes of at least 4 members (excludes halogenated alkanes) is 1. The van der Waals surface area contributed by atoms with Crippen molar-refractivity contribution in [1.29, 1.82) is 0 Å². The molecule has 17 heavy (non-hydrogen) atoms. The lowest BCUT2D eigenvalue weighted by Crippen LogP contribution is -2.50. The van der Waals surface area contributed by atoms with E-state index in [0.717, 1.165) is 25.8 Å². The SMILES string of the molecule is CCCCN(CC(C)(O)C(=O)OC)C(C)CC. The first-order chi connectivity index (χ1) is 7.88. The Morgan fingerprint density at radius 2 is 2.06 bits per heavy atom. The first-order valence-electron chi connectivity index (χ1n) is 6.43. The van der Waals surface area contributed by atoms with Crippen LogP contribution in [0.3, 0.4) is 0 Å². The largest absolute Gasteiger partial charge is 0.467 e. The fourth-order valence-electron chi connectivity index (χ4n) is 1.75. The topological polar surface area (TPSA) is 49.8 Å². The van der Waals surface area contributed by atoms with Crippen molar-refractivity contribution in [2.24, 2.45) is 0 Å². The summed E-state index contributed by atoms with van der Waals surface area (Å²) in [7, 11) is 1.30. The first kappa shape index (κ1) is 16.4. The van der Waals surface area contributed by atoms with Crippen LogP contribution >= 0.6 is 0 Å². The monoisotopic (exact) mass is 245 g/mol. The Labute approximate surface area is 105 Å². The molecule has 0 heterocycles. The molecule has 0 fully saturated rings. The van der Waals surface area contributed by atoms with Gasteiger partial charge in [0.25, 0.3) is 0 Å². The van der Waals surface area contributed by atoms with Gasteiger partial charge in [-0.2, -0.15) is 0 Å². The van der Waals surface area contributed by atoms with Crippen molar-refractivity contribution in [2.45, 2.75) is 58.6 Å². The summed E-state index contributed by atoms with van der Waals surface area (Å²) in [5, 5.41) is 10.1. The number of methoxy groups -OCH3 is 1. The molecule has 2 atom stereocenters. The van der Waals surface area contributed by atoms with E-state index in [4.69, 9.17) is 0 Å². The lowest BCUT2D eigenvalue weighted by Gasteiger charge is -2.33. The van der Waals surface area contributed by atoms with Crippen LogP contribution in [-0.2, 0) is 9.53 Å². The molecule has 0 aromatic carbocycles. The second-order valence-corrected chi connectivity index (χ2v) is 4.85. The molecule has 2 unspecified atom stereocenters. The quantitative estimate of drug-likeness (QED) is 0.663. The molecule has 102 valence electrons. The van der Waals surface area contributed by atoms with Gasteiger partial charge in [0, 0.05) is 12.6 Å². The average molecular weight is 245 g/mol. The average Bonchev–Trinajstić information content (AvgIpc) is 2.32. The smallest absolute Gasteiger partial charge is 0.338 e. The third kappa shape index (κ3) is 5.50. The predicted molar refractivity (Wildman–Crippen MR) is 68.9 cm³/mol. The van der Waals surface area contributed by atoms with Gasteiger partial charge >= 0.3 is 5.97 Å². The van der Waals surface area contributed by atoms with E-state index in [-0.39, 0.29) is 0 Å². The molecule has 4 heteroatoms. The normalized spacial score (nSPS) is 16.6. The van der Waals surface area contributed by atoms with Gasteiger partial charge in [0.15, 0.2) is 5.60 Å². The van der Waals surface area contributed by atoms with Crippen LogP contribution in [0.4, 0.5) is 0 Å². The van der Waals surface area contributed by atoms with Crippen molar-refractivity contribution in [2.75, 3.05) is 20.2 Å². The van der Waals surface area contributed by atoms with Gasteiger partial charge in [0.05, 0.1) is 7.11 Å². The van der Waals surface area contributed by atoms with Gasteiger partial charge in [-0.1, -0.05) is 20.3 Å². The van der Waals surface area contributed by atoms with Crippen LogP contribution < -0.4 is 0 Å². The van der Waals surface area contributed by atoms with Crippen LogP contribution in [0.5, 0.6) is 0 Å². The number of esters is 1. The van der Waals surface area contributed by atoms with Gasteiger partial charge in [0.1, 0.15) is 0 Å². The van der Waals surface area contributed by atoms with E-state index in [1.165, 1.54) is 14.0 Å². The van der Waals surface area contributed by atoms with Crippen LogP contribution in [0.15, 0.2) is 0 Å². The minimum absolute atomic E-state index is 0.328. The van der Waals surface area contributed by atoms with Crippen molar-refractivity contribution in [1.82, 2.24) is 4.90 Å². The zero-order chi connectivity index (χ0) is 13.5. The molecule has 0 aliphatic carbocycles. The molecule has 0 aromatic heterocycles. The van der Waals surface area contributed by atoms with E-state index in [9.17, 15) is 9.90 Å². The Kier molecular flexibility index (Phi) is 7.39. The van der Waals surface area contributed by atoms with Crippen molar-refractivity contribution < 1.29 is 14.6 Å². The molecule has 4 nitrogen and oxygen atoms in total. The van der Waals surface area contributed by atoms with Crippen LogP contribution in [-0.4, -0.2) is 47.8 Å². The van der Waals surface area contributed by atoms with Gasteiger partial charge in [0.2, 0.25) is 0 Å². The Balaban J connectivity index is 4.55. The number of ether oxygens (including phenoxy) is 1. The Morgan fingerprint density at radius 3 is 2.47 bits per heavy atom. The van der Waals surface area contributed by atoms with E-state index in [0.29, 0.717) is 12.6 Å². The minimum atomic E-state index is -1.42. The molecular weight excluding hydrogens is 218 g/mol. The fraction of sp³-hybridized carbons (Fsp3) is 0.923. The summed E-state index contributed by atoms with van der Waals surface area (Å²) < 4.78 is 4.62. The van der Waals surface area contributed by atoms with E-state index in [2.05, 4.69) is 30.4 Å². The molecule has 0 bridgehead atoms. The molecule has 0 aliphatic heterocycles. The molecular formula is C13H27NO3. The van der Waals surface area contributed by atoms with Crippen molar-refractivity contribution in [3.8, 4) is 0 Å². The van der Waals surface area contributed by atoms with Crippen molar-refractivity contribution in [3.05, 3.63) is 0 Å². The summed E-state index contributed by atoms with van der Waals surface area (Å²) in [4.78, 5) is 13.6. The second kappa shape index (κ2) is 7.67. The first-order valence-corrected chi connectivity index (χ1v) is 6.43. The van der Waals surface area contributed by atoms with Crippen LogP contribution in [0.2, 0.25) is 0 Å². The highest BCUT2D eigenvalue weighted by molar-refractivity contribution is 5.78. The minimum Gasteiger partial charge on any atom is -0.467 e. The molecule has 0 saturated heterocycles. The van der Waals surface area contributed by atoms with E-state index >= 15 is 0 Å². The highest BCUT2D eigenvalue weighted by Crippen LogP contribution is 2.14. The third-order valence-corrected chi connectivity index (χ3v) is 3.15. The molecule has 0 spiro atoms. The molecule has 0 radical (unpaired) electrons. The molecule has 0 rings (SSSR count). The molecule has 0 saturated carbocycles. The number of nitrogens with zero attached hydrogens (tertiary/aromatic N) is 1. The Morgan fingerprint density at radius 1 is 1.47 bits per heavy atom. The highest BCUT2D eigenvalue weighted by Gasteiger charge is 2.34. The maximum Gasteiger partial charge on any atom is 0.338 e. The molecule has 0 aromatic rings. The fourth-order valence-corrected chi connectivity index (χ4v) is 1.75. The number of carbonyl (C=O) groups excluding carboxylic acids is 1. The van der Waals surface area contributed by atoms with Crippen LogP contribution in [0, 0.1) is 0 Å². The maximum absolute atomic E-state index is 11.5. The molecule has 0 aliphatic rings. The van der Waals surface area contributed by atoms with Crippen LogP contribution in [0.1, 0.15) is 47.0 Å². The Bertz CT molecular complexity index is 229. The zero-order valence-corrected chi connectivity index (χ0v) is 11.8. The summed E-state index contributed by atoms with van der Waals surface area (Å²) in [5.41, 5.74) is -1.42. The number of aliphatic hydroxyl groups is 1. The van der Waals surface area contributed by atoms with Gasteiger partial charge in [-0.05, 0) is 33.2 Å². The number of hydrogen-bond acceptors (Lipinski definition) is 4. The maximum atomic E-state index is 11.5. The summed E-state index contributed by atoms with van der Waals surface area (Å²) >= 11 is 0. The molecule has 1 N–H and O–H groups in total. The summed E-state index contributed by atoms with van der Waals surface area (Å²) in [6.45, 7) is 9.10. The van der Waals surface area contributed by atoms with Crippen molar-refractivity contribution >= 4 is 5.97 Å². The van der Waals surface area contributed by atoms with Crippen LogP contribution in [0.25, 0.3) is 0 Å². The highest BCUT2D eigenvalue weighted by atomic mass is 16.5. The molecule has 0 amide bonds.